The van der Waals surface area contributed by atoms with Crippen molar-refractivity contribution in [3.63, 3.8) is 0 Å². The van der Waals surface area contributed by atoms with E-state index in [1.54, 1.807) is 24.3 Å². The highest BCUT2D eigenvalue weighted by molar-refractivity contribution is 5.97. The second-order valence-electron chi connectivity index (χ2n) is 8.25. The molecule has 1 aliphatic rings. The Morgan fingerprint density at radius 2 is 1.86 bits per heavy atom. The van der Waals surface area contributed by atoms with E-state index in [1.165, 1.54) is 12.4 Å². The first-order valence-corrected chi connectivity index (χ1v) is 11.6. The average Bonchev–Trinajstić information content (AvgIpc) is 3.33. The average molecular weight is 485 g/mol. The summed E-state index contributed by atoms with van der Waals surface area (Å²) < 4.78 is 11.1. The molecule has 1 saturated heterocycles. The fourth-order valence-electron chi connectivity index (χ4n) is 3.54. The monoisotopic (exact) mass is 484 g/mol. The van der Waals surface area contributed by atoms with E-state index in [2.05, 4.69) is 27.4 Å². The molecule has 2 amide bonds. The highest BCUT2D eigenvalue weighted by atomic mass is 16.5. The third-order valence-electron chi connectivity index (χ3n) is 5.53. The molecule has 1 fully saturated rings. The number of carbonyl (C=O) groups is 2. The van der Waals surface area contributed by atoms with Crippen LogP contribution in [0.2, 0.25) is 0 Å². The maximum atomic E-state index is 12.3. The fraction of sp³-hybridized carbons (Fsp3) is 0.440. The zero-order valence-electron chi connectivity index (χ0n) is 19.8. The van der Waals surface area contributed by atoms with Crippen LogP contribution in [-0.4, -0.2) is 78.6 Å². The van der Waals surface area contributed by atoms with Crippen molar-refractivity contribution in [3.05, 3.63) is 59.0 Å². The van der Waals surface area contributed by atoms with Gasteiger partial charge in [0.15, 0.2) is 5.76 Å². The van der Waals surface area contributed by atoms with Crippen molar-refractivity contribution >= 4 is 11.8 Å². The standard InChI is InChI=1S/C25H32N4O6/c1-18(30)23(25(32)28-33)27-24(31)20-6-3-19(4-7-20)5-8-21-9-10-22(35-21)17-26-11-2-12-29-13-15-34-16-14-29/h3-4,6-7,9-10,18,23,26,30,33H,2,11-17H2,1H3,(H,27,31)(H,28,32)/t18-,23-/m0/s1. The number of amides is 2. The number of carbonyl (C=O) groups excluding carboxylic acids is 2. The molecule has 10 heteroatoms. The number of nitrogens with one attached hydrogen (secondary N) is 3. The number of nitrogens with zero attached hydrogens (tertiary/aromatic N) is 1. The zero-order valence-corrected chi connectivity index (χ0v) is 19.8. The fourth-order valence-corrected chi connectivity index (χ4v) is 3.54. The van der Waals surface area contributed by atoms with Gasteiger partial charge in [0.2, 0.25) is 0 Å². The van der Waals surface area contributed by atoms with Gasteiger partial charge in [-0.05, 0) is 68.8 Å². The van der Waals surface area contributed by atoms with E-state index in [4.69, 9.17) is 14.4 Å². The van der Waals surface area contributed by atoms with Crippen molar-refractivity contribution in [2.24, 2.45) is 0 Å². The first-order valence-electron chi connectivity index (χ1n) is 11.6. The number of ether oxygens (including phenoxy) is 1. The van der Waals surface area contributed by atoms with E-state index in [1.807, 2.05) is 12.1 Å². The van der Waals surface area contributed by atoms with Gasteiger partial charge in [-0.15, -0.1) is 0 Å². The van der Waals surface area contributed by atoms with Crippen LogP contribution in [-0.2, 0) is 16.1 Å². The molecule has 3 rings (SSSR count). The van der Waals surface area contributed by atoms with Crippen molar-refractivity contribution < 1.29 is 29.1 Å². The highest BCUT2D eigenvalue weighted by Crippen LogP contribution is 2.08. The summed E-state index contributed by atoms with van der Waals surface area (Å²) in [6.45, 7) is 7.58. The Morgan fingerprint density at radius 1 is 1.11 bits per heavy atom. The lowest BCUT2D eigenvalue weighted by atomic mass is 10.1. The number of hydroxylamine groups is 1. The van der Waals surface area contributed by atoms with Crippen molar-refractivity contribution in [2.75, 3.05) is 39.4 Å². The van der Waals surface area contributed by atoms with E-state index in [0.717, 1.165) is 51.6 Å². The molecule has 10 nitrogen and oxygen atoms in total. The minimum Gasteiger partial charge on any atom is -0.451 e. The van der Waals surface area contributed by atoms with Gasteiger partial charge in [-0.1, -0.05) is 5.92 Å². The summed E-state index contributed by atoms with van der Waals surface area (Å²) in [7, 11) is 0. The van der Waals surface area contributed by atoms with Crippen molar-refractivity contribution in [1.29, 1.82) is 0 Å². The molecule has 2 heterocycles. The van der Waals surface area contributed by atoms with Crippen LogP contribution in [0, 0.1) is 11.8 Å². The van der Waals surface area contributed by atoms with Crippen molar-refractivity contribution in [2.45, 2.75) is 32.0 Å². The molecule has 0 bridgehead atoms. The zero-order chi connectivity index (χ0) is 25.0. The van der Waals surface area contributed by atoms with Gasteiger partial charge in [-0.2, -0.15) is 0 Å². The van der Waals surface area contributed by atoms with Gasteiger partial charge < -0.3 is 24.9 Å². The van der Waals surface area contributed by atoms with Gasteiger partial charge in [0.25, 0.3) is 11.8 Å². The molecule has 0 spiro atoms. The summed E-state index contributed by atoms with van der Waals surface area (Å²) in [4.78, 5) is 26.3. The summed E-state index contributed by atoms with van der Waals surface area (Å²) in [6.07, 6.45) is -0.116. The molecule has 0 radical (unpaired) electrons. The SMILES string of the molecule is C[C@H](O)[C@H](NC(=O)c1ccc(C#Cc2ccc(CNCCCN3CCOCC3)o2)cc1)C(=O)NO. The molecule has 1 aliphatic heterocycles. The molecule has 188 valence electrons. The Morgan fingerprint density at radius 3 is 2.54 bits per heavy atom. The van der Waals surface area contributed by atoms with Crippen LogP contribution < -0.4 is 16.1 Å². The summed E-state index contributed by atoms with van der Waals surface area (Å²) in [5.41, 5.74) is 2.39. The van der Waals surface area contributed by atoms with E-state index in [9.17, 15) is 14.7 Å². The molecule has 1 aromatic heterocycles. The number of hydrogen-bond donors (Lipinski definition) is 5. The molecule has 0 aliphatic carbocycles. The molecule has 2 atom stereocenters. The summed E-state index contributed by atoms with van der Waals surface area (Å²) >= 11 is 0. The van der Waals surface area contributed by atoms with Crippen LogP contribution in [0.15, 0.2) is 40.8 Å². The summed E-state index contributed by atoms with van der Waals surface area (Å²) in [5, 5.41) is 24.1. The predicted molar refractivity (Wildman–Crippen MR) is 128 cm³/mol. The Bertz CT molecular complexity index is 1020. The van der Waals surface area contributed by atoms with Gasteiger partial charge in [-0.25, -0.2) is 5.48 Å². The second-order valence-corrected chi connectivity index (χ2v) is 8.25. The van der Waals surface area contributed by atoms with E-state index >= 15 is 0 Å². The van der Waals surface area contributed by atoms with E-state index < -0.39 is 24.0 Å². The topological polar surface area (TPSA) is 136 Å². The Kier molecular flexibility index (Phi) is 10.3. The molecule has 5 N–H and O–H groups in total. The van der Waals surface area contributed by atoms with Gasteiger partial charge in [0, 0.05) is 24.2 Å². The number of furan rings is 1. The first-order chi connectivity index (χ1) is 17.0. The molecule has 0 unspecified atom stereocenters. The lowest BCUT2D eigenvalue weighted by Gasteiger charge is -2.26. The normalized spacial score (nSPS) is 15.5. The number of aliphatic hydroxyl groups is 1. The molecule has 2 aromatic rings. The Labute approximate surface area is 204 Å². The maximum Gasteiger partial charge on any atom is 0.268 e. The number of benzene rings is 1. The molecule has 1 aromatic carbocycles. The van der Waals surface area contributed by atoms with Crippen molar-refractivity contribution in [1.82, 2.24) is 21.0 Å². The summed E-state index contributed by atoms with van der Waals surface area (Å²) in [6, 6.07) is 8.90. The van der Waals surface area contributed by atoms with Gasteiger partial charge >= 0.3 is 0 Å². The molecular weight excluding hydrogens is 452 g/mol. The largest absolute Gasteiger partial charge is 0.451 e. The smallest absolute Gasteiger partial charge is 0.268 e. The predicted octanol–water partition coefficient (Wildman–Crippen LogP) is 0.476. The van der Waals surface area contributed by atoms with Crippen LogP contribution >= 0.6 is 0 Å². The third-order valence-corrected chi connectivity index (χ3v) is 5.53. The van der Waals surface area contributed by atoms with Crippen LogP contribution in [0.4, 0.5) is 0 Å². The van der Waals surface area contributed by atoms with Crippen LogP contribution in [0.1, 0.15) is 40.8 Å². The second kappa shape index (κ2) is 13.6. The van der Waals surface area contributed by atoms with E-state index in [0.29, 0.717) is 17.9 Å². The summed E-state index contributed by atoms with van der Waals surface area (Å²) in [5.74, 6) is 5.85. The molecule has 35 heavy (non-hydrogen) atoms. The quantitative estimate of drug-likeness (QED) is 0.142. The third kappa shape index (κ3) is 8.51. The lowest BCUT2D eigenvalue weighted by Crippen LogP contribution is -2.51. The van der Waals surface area contributed by atoms with Crippen LogP contribution in [0.25, 0.3) is 0 Å². The number of hydrogen-bond acceptors (Lipinski definition) is 8. The minimum atomic E-state index is -1.28. The number of aliphatic hydroxyl groups excluding tert-OH is 1. The van der Waals surface area contributed by atoms with Crippen molar-refractivity contribution in [3.8, 4) is 11.8 Å². The first kappa shape index (κ1) is 26.4. The Hall–Kier alpha value is -3.20. The van der Waals surface area contributed by atoms with Crippen LogP contribution in [0.3, 0.4) is 0 Å². The number of morpholine rings is 1. The Balaban J connectivity index is 1.44. The highest BCUT2D eigenvalue weighted by Gasteiger charge is 2.25. The van der Waals surface area contributed by atoms with Crippen LogP contribution in [0.5, 0.6) is 0 Å². The molecular formula is C25H32N4O6. The minimum absolute atomic E-state index is 0.284. The maximum absolute atomic E-state index is 12.3. The number of rotatable bonds is 10. The lowest BCUT2D eigenvalue weighted by molar-refractivity contribution is -0.133. The van der Waals surface area contributed by atoms with Gasteiger partial charge in [0.05, 0.1) is 25.9 Å². The molecule has 0 saturated carbocycles. The van der Waals surface area contributed by atoms with Gasteiger partial charge in [0.1, 0.15) is 11.8 Å². The van der Waals surface area contributed by atoms with E-state index in [-0.39, 0.29) is 5.56 Å². The van der Waals surface area contributed by atoms with Gasteiger partial charge in [-0.3, -0.25) is 19.7 Å².